The summed E-state index contributed by atoms with van der Waals surface area (Å²) < 4.78 is 4.76. The summed E-state index contributed by atoms with van der Waals surface area (Å²) in [6.45, 7) is 1.24. The Morgan fingerprint density at radius 2 is 1.95 bits per heavy atom. The van der Waals surface area contributed by atoms with Crippen molar-refractivity contribution in [2.75, 3.05) is 7.05 Å². The van der Waals surface area contributed by atoms with E-state index in [0.29, 0.717) is 19.0 Å². The molecule has 1 aromatic heterocycles. The second-order valence-electron chi connectivity index (χ2n) is 3.90. The van der Waals surface area contributed by atoms with Crippen LogP contribution in [-0.4, -0.2) is 18.2 Å². The number of aliphatic imine (C=N–C) groups is 1. The molecule has 100 valence electrons. The molecule has 0 radical (unpaired) electrons. The van der Waals surface area contributed by atoms with Crippen LogP contribution in [0.2, 0.25) is 5.02 Å². The fourth-order valence-corrected chi connectivity index (χ4v) is 1.64. The maximum absolute atomic E-state index is 5.84. The van der Waals surface area contributed by atoms with E-state index < -0.39 is 0 Å². The van der Waals surface area contributed by atoms with E-state index in [4.69, 9.17) is 16.1 Å². The molecule has 0 aliphatic rings. The molecule has 0 saturated carbocycles. The summed E-state index contributed by atoms with van der Waals surface area (Å²) in [5.41, 5.74) is 1.96. The fraction of sp³-hybridized carbons (Fsp3) is 0.231. The Hall–Kier alpha value is -2.01. The lowest BCUT2D eigenvalue weighted by molar-refractivity contribution is 0.410. The molecule has 2 rings (SSSR count). The maximum Gasteiger partial charge on any atom is 0.191 e. The average molecular weight is 279 g/mol. The zero-order chi connectivity index (χ0) is 13.5. The van der Waals surface area contributed by atoms with E-state index in [0.717, 1.165) is 16.3 Å². The molecule has 0 amide bonds. The van der Waals surface area contributed by atoms with Crippen LogP contribution < -0.4 is 10.6 Å². The van der Waals surface area contributed by atoms with Crippen molar-refractivity contribution in [2.24, 2.45) is 4.99 Å². The Labute approximate surface area is 116 Å². The second kappa shape index (κ2) is 6.80. The third-order valence-corrected chi connectivity index (χ3v) is 2.78. The van der Waals surface area contributed by atoms with Crippen LogP contribution in [0, 0.1) is 0 Å². The van der Waals surface area contributed by atoms with Gasteiger partial charge in [-0.3, -0.25) is 4.99 Å². The lowest BCUT2D eigenvalue weighted by Crippen LogP contribution is -2.36. The summed E-state index contributed by atoms with van der Waals surface area (Å²) in [4.78, 5) is 4.13. The summed E-state index contributed by atoms with van der Waals surface area (Å²) >= 11 is 5.84. The first-order valence-corrected chi connectivity index (χ1v) is 6.24. The van der Waals surface area contributed by atoms with Gasteiger partial charge >= 0.3 is 0 Å². The molecule has 19 heavy (non-hydrogen) atoms. The highest BCUT2D eigenvalue weighted by Gasteiger charge is 2.00. The second-order valence-corrected chi connectivity index (χ2v) is 4.33. The fourth-order valence-electron chi connectivity index (χ4n) is 1.51. The molecule has 0 atom stereocenters. The smallest absolute Gasteiger partial charge is 0.191 e. The van der Waals surface area contributed by atoms with Crippen molar-refractivity contribution in [3.63, 3.8) is 0 Å². The molecule has 0 unspecified atom stereocenters. The number of benzene rings is 1. The standard InChI is InChI=1S/C13H15ClN4O/c1-15-13(17-9-12-6-7-19-18-12)16-8-10-2-4-11(14)5-3-10/h2-7H,8-9H2,1H3,(H2,15,16,17). The third-order valence-electron chi connectivity index (χ3n) is 2.53. The van der Waals surface area contributed by atoms with E-state index in [1.807, 2.05) is 24.3 Å². The van der Waals surface area contributed by atoms with Crippen molar-refractivity contribution in [1.29, 1.82) is 0 Å². The van der Waals surface area contributed by atoms with Crippen molar-refractivity contribution >= 4 is 17.6 Å². The SMILES string of the molecule is CN=C(NCc1ccc(Cl)cc1)NCc1ccon1. The van der Waals surface area contributed by atoms with Gasteiger partial charge in [0, 0.05) is 24.7 Å². The highest BCUT2D eigenvalue weighted by Crippen LogP contribution is 2.08. The molecule has 0 aliphatic carbocycles. The van der Waals surface area contributed by atoms with Gasteiger partial charge in [-0.1, -0.05) is 28.9 Å². The molecule has 5 nitrogen and oxygen atoms in total. The average Bonchev–Trinajstić information content (AvgIpc) is 2.94. The van der Waals surface area contributed by atoms with Gasteiger partial charge in [-0.05, 0) is 17.7 Å². The summed E-state index contributed by atoms with van der Waals surface area (Å²) in [6, 6.07) is 9.48. The number of nitrogens with zero attached hydrogens (tertiary/aromatic N) is 2. The Morgan fingerprint density at radius 1 is 1.21 bits per heavy atom. The van der Waals surface area contributed by atoms with Gasteiger partial charge in [-0.2, -0.15) is 0 Å². The van der Waals surface area contributed by atoms with Crippen LogP contribution in [0.5, 0.6) is 0 Å². The molecule has 2 N–H and O–H groups in total. The summed E-state index contributed by atoms with van der Waals surface area (Å²) in [5.74, 6) is 0.706. The number of guanidine groups is 1. The normalized spacial score (nSPS) is 11.4. The van der Waals surface area contributed by atoms with Crippen LogP contribution in [0.25, 0.3) is 0 Å². The zero-order valence-electron chi connectivity index (χ0n) is 10.6. The Balaban J connectivity index is 1.81. The molecular weight excluding hydrogens is 264 g/mol. The topological polar surface area (TPSA) is 62.5 Å². The minimum Gasteiger partial charge on any atom is -0.364 e. The predicted octanol–water partition coefficient (Wildman–Crippen LogP) is 2.19. The minimum atomic E-state index is 0.566. The van der Waals surface area contributed by atoms with Crippen LogP contribution in [0.1, 0.15) is 11.3 Å². The van der Waals surface area contributed by atoms with Crippen LogP contribution in [0.4, 0.5) is 0 Å². The van der Waals surface area contributed by atoms with Gasteiger partial charge in [-0.15, -0.1) is 0 Å². The highest BCUT2D eigenvalue weighted by molar-refractivity contribution is 6.30. The van der Waals surface area contributed by atoms with Crippen LogP contribution >= 0.6 is 11.6 Å². The van der Waals surface area contributed by atoms with Gasteiger partial charge in [0.05, 0.1) is 6.54 Å². The number of hydrogen-bond acceptors (Lipinski definition) is 3. The molecule has 0 saturated heterocycles. The van der Waals surface area contributed by atoms with Crippen molar-refractivity contribution in [3.05, 3.63) is 52.9 Å². The first-order chi connectivity index (χ1) is 9.28. The molecule has 0 spiro atoms. The quantitative estimate of drug-likeness (QED) is 0.665. The largest absolute Gasteiger partial charge is 0.364 e. The number of hydrogen-bond donors (Lipinski definition) is 2. The van der Waals surface area contributed by atoms with E-state index in [9.17, 15) is 0 Å². The number of aromatic nitrogens is 1. The van der Waals surface area contributed by atoms with Crippen LogP contribution in [-0.2, 0) is 13.1 Å². The number of rotatable bonds is 4. The zero-order valence-corrected chi connectivity index (χ0v) is 11.3. The summed E-state index contributed by atoms with van der Waals surface area (Å²) in [7, 11) is 1.72. The number of nitrogens with one attached hydrogen (secondary N) is 2. The van der Waals surface area contributed by atoms with Gasteiger partial charge in [0.1, 0.15) is 12.0 Å². The lowest BCUT2D eigenvalue weighted by atomic mass is 10.2. The van der Waals surface area contributed by atoms with E-state index in [2.05, 4.69) is 20.8 Å². The molecule has 0 fully saturated rings. The van der Waals surface area contributed by atoms with E-state index in [1.165, 1.54) is 0 Å². The summed E-state index contributed by atoms with van der Waals surface area (Å²) in [6.07, 6.45) is 1.54. The highest BCUT2D eigenvalue weighted by atomic mass is 35.5. The molecule has 0 aliphatic heterocycles. The predicted molar refractivity (Wildman–Crippen MR) is 75.0 cm³/mol. The molecule has 6 heteroatoms. The van der Waals surface area contributed by atoms with Crippen molar-refractivity contribution in [2.45, 2.75) is 13.1 Å². The van der Waals surface area contributed by atoms with Crippen LogP contribution in [0.3, 0.4) is 0 Å². The molecular formula is C13H15ClN4O. The Morgan fingerprint density at radius 3 is 2.58 bits per heavy atom. The van der Waals surface area contributed by atoms with E-state index in [1.54, 1.807) is 19.4 Å². The maximum atomic E-state index is 5.84. The van der Waals surface area contributed by atoms with Gasteiger partial charge in [0.25, 0.3) is 0 Å². The van der Waals surface area contributed by atoms with Crippen molar-refractivity contribution in [1.82, 2.24) is 15.8 Å². The first kappa shape index (κ1) is 13.4. The van der Waals surface area contributed by atoms with Gasteiger partial charge < -0.3 is 15.2 Å². The van der Waals surface area contributed by atoms with E-state index in [-0.39, 0.29) is 0 Å². The summed E-state index contributed by atoms with van der Waals surface area (Å²) in [5, 5.41) is 10.9. The number of halogens is 1. The molecule has 1 heterocycles. The van der Waals surface area contributed by atoms with Gasteiger partial charge in [0.15, 0.2) is 5.96 Å². The monoisotopic (exact) mass is 278 g/mol. The minimum absolute atomic E-state index is 0.566. The van der Waals surface area contributed by atoms with Gasteiger partial charge in [0.2, 0.25) is 0 Å². The lowest BCUT2D eigenvalue weighted by Gasteiger charge is -2.10. The van der Waals surface area contributed by atoms with Crippen LogP contribution in [0.15, 0.2) is 46.1 Å². The third kappa shape index (κ3) is 4.30. The van der Waals surface area contributed by atoms with Crippen molar-refractivity contribution < 1.29 is 4.52 Å². The van der Waals surface area contributed by atoms with Gasteiger partial charge in [-0.25, -0.2) is 0 Å². The Kier molecular flexibility index (Phi) is 4.80. The first-order valence-electron chi connectivity index (χ1n) is 5.86. The Bertz CT molecular complexity index is 522. The van der Waals surface area contributed by atoms with E-state index >= 15 is 0 Å². The molecule has 0 bridgehead atoms. The van der Waals surface area contributed by atoms with Crippen molar-refractivity contribution in [3.8, 4) is 0 Å². The molecule has 1 aromatic carbocycles. The molecule has 2 aromatic rings.